The molecule has 0 bridgehead atoms. The van der Waals surface area contributed by atoms with Crippen LogP contribution in [0.1, 0.15) is 47.2 Å². The molecule has 24 heavy (non-hydrogen) atoms. The van der Waals surface area contributed by atoms with Gasteiger partial charge in [-0.25, -0.2) is 0 Å². The number of Topliss-reactive ketones (excluding diaryl/α,β-unsaturated/α-hetero) is 2. The quantitative estimate of drug-likeness (QED) is 0.573. The lowest BCUT2D eigenvalue weighted by Gasteiger charge is -2.06. The van der Waals surface area contributed by atoms with Gasteiger partial charge in [-0.1, -0.05) is 30.3 Å². The molecular weight excluding hydrogens is 304 g/mol. The van der Waals surface area contributed by atoms with Crippen LogP contribution in [-0.4, -0.2) is 26.5 Å². The maximum atomic E-state index is 12.6. The van der Waals surface area contributed by atoms with E-state index in [2.05, 4.69) is 5.10 Å². The van der Waals surface area contributed by atoms with Gasteiger partial charge in [-0.3, -0.25) is 14.3 Å². The topological polar surface area (TPSA) is 72.2 Å². The van der Waals surface area contributed by atoms with E-state index in [9.17, 15) is 14.7 Å². The summed E-state index contributed by atoms with van der Waals surface area (Å²) in [6.07, 6.45) is -0.323. The van der Waals surface area contributed by atoms with E-state index in [1.54, 1.807) is 16.8 Å². The number of benzene rings is 2. The first kappa shape index (κ1) is 15.9. The van der Waals surface area contributed by atoms with Crippen LogP contribution in [0.5, 0.6) is 5.75 Å². The third-order valence-electron chi connectivity index (χ3n) is 3.89. The highest BCUT2D eigenvalue weighted by Gasteiger charge is 2.22. The molecule has 3 aromatic rings. The molecule has 0 aliphatic heterocycles. The van der Waals surface area contributed by atoms with Gasteiger partial charge in [0, 0.05) is 11.4 Å². The SMILES string of the molecule is CC(C)n1nc(C(=O)CC(=O)c2ccccc2O)c2ccccc21. The summed E-state index contributed by atoms with van der Waals surface area (Å²) in [5.41, 5.74) is 1.31. The lowest BCUT2D eigenvalue weighted by Crippen LogP contribution is -2.11. The Morgan fingerprint density at radius 3 is 2.42 bits per heavy atom. The van der Waals surface area contributed by atoms with Gasteiger partial charge in [-0.05, 0) is 32.0 Å². The first-order valence-electron chi connectivity index (χ1n) is 7.80. The highest BCUT2D eigenvalue weighted by molar-refractivity contribution is 6.17. The number of aromatic nitrogens is 2. The number of phenolic OH excluding ortho intramolecular Hbond substituents is 1. The summed E-state index contributed by atoms with van der Waals surface area (Å²) in [4.78, 5) is 24.9. The van der Waals surface area contributed by atoms with Gasteiger partial charge < -0.3 is 5.11 Å². The molecule has 0 saturated heterocycles. The van der Waals surface area contributed by atoms with Crippen molar-refractivity contribution in [1.82, 2.24) is 9.78 Å². The maximum Gasteiger partial charge on any atom is 0.191 e. The average molecular weight is 322 g/mol. The van der Waals surface area contributed by atoms with Crippen molar-refractivity contribution >= 4 is 22.5 Å². The minimum absolute atomic E-state index is 0.102. The van der Waals surface area contributed by atoms with Gasteiger partial charge in [0.25, 0.3) is 0 Å². The van der Waals surface area contributed by atoms with E-state index in [0.29, 0.717) is 5.69 Å². The Morgan fingerprint density at radius 1 is 1.04 bits per heavy atom. The van der Waals surface area contributed by atoms with Crippen molar-refractivity contribution in [2.45, 2.75) is 26.3 Å². The van der Waals surface area contributed by atoms with Crippen molar-refractivity contribution in [2.75, 3.05) is 0 Å². The van der Waals surface area contributed by atoms with Crippen LogP contribution in [0.3, 0.4) is 0 Å². The molecule has 0 fully saturated rings. The van der Waals surface area contributed by atoms with Crippen LogP contribution in [0, 0.1) is 0 Å². The van der Waals surface area contributed by atoms with Gasteiger partial charge in [0.15, 0.2) is 11.6 Å². The van der Waals surface area contributed by atoms with E-state index in [-0.39, 0.29) is 29.6 Å². The van der Waals surface area contributed by atoms with Gasteiger partial charge in [-0.2, -0.15) is 5.10 Å². The highest BCUT2D eigenvalue weighted by atomic mass is 16.3. The number of nitrogens with zero attached hydrogens (tertiary/aromatic N) is 2. The van der Waals surface area contributed by atoms with Crippen LogP contribution in [-0.2, 0) is 0 Å². The first-order chi connectivity index (χ1) is 11.5. The Bertz CT molecular complexity index is 925. The summed E-state index contributed by atoms with van der Waals surface area (Å²) in [5.74, 6) is -0.881. The van der Waals surface area contributed by atoms with Crippen LogP contribution in [0.4, 0.5) is 0 Å². The van der Waals surface area contributed by atoms with E-state index in [1.807, 2.05) is 38.1 Å². The minimum atomic E-state index is -0.415. The third-order valence-corrected chi connectivity index (χ3v) is 3.89. The average Bonchev–Trinajstić information content (AvgIpc) is 2.95. The molecule has 1 N–H and O–H groups in total. The van der Waals surface area contributed by atoms with E-state index in [4.69, 9.17) is 0 Å². The Hall–Kier alpha value is -2.95. The molecule has 0 amide bonds. The van der Waals surface area contributed by atoms with Gasteiger partial charge in [0.1, 0.15) is 11.4 Å². The highest BCUT2D eigenvalue weighted by Crippen LogP contribution is 2.24. The largest absolute Gasteiger partial charge is 0.507 e. The number of phenols is 1. The summed E-state index contributed by atoms with van der Waals surface area (Å²) in [6, 6.07) is 13.8. The number of aromatic hydroxyl groups is 1. The molecular formula is C19H18N2O3. The van der Waals surface area contributed by atoms with Crippen molar-refractivity contribution in [1.29, 1.82) is 0 Å². The van der Waals surface area contributed by atoms with Gasteiger partial charge in [-0.15, -0.1) is 0 Å². The van der Waals surface area contributed by atoms with Crippen molar-refractivity contribution in [3.05, 3.63) is 59.8 Å². The number of carbonyl (C=O) groups excluding carboxylic acids is 2. The molecule has 5 heteroatoms. The zero-order valence-corrected chi connectivity index (χ0v) is 13.6. The minimum Gasteiger partial charge on any atom is -0.507 e. The molecule has 0 aliphatic rings. The van der Waals surface area contributed by atoms with Crippen molar-refractivity contribution in [3.63, 3.8) is 0 Å². The fourth-order valence-corrected chi connectivity index (χ4v) is 2.72. The standard InChI is InChI=1S/C19H18N2O3/c1-12(2)21-15-9-5-3-7-13(15)19(20-21)18(24)11-17(23)14-8-4-6-10-16(14)22/h3-10,12,22H,11H2,1-2H3. The summed E-state index contributed by atoms with van der Waals surface area (Å²) < 4.78 is 1.78. The number of hydrogen-bond acceptors (Lipinski definition) is 4. The van der Waals surface area contributed by atoms with Gasteiger partial charge in [0.2, 0.25) is 0 Å². The number of hydrogen-bond donors (Lipinski definition) is 1. The molecule has 0 spiro atoms. The Morgan fingerprint density at radius 2 is 1.71 bits per heavy atom. The lowest BCUT2D eigenvalue weighted by molar-refractivity contribution is 0.0890. The monoisotopic (exact) mass is 322 g/mol. The molecule has 0 saturated carbocycles. The molecule has 0 aliphatic carbocycles. The summed E-state index contributed by atoms with van der Waals surface area (Å²) in [6.45, 7) is 3.97. The predicted octanol–water partition coefficient (Wildman–Crippen LogP) is 3.78. The third kappa shape index (κ3) is 2.80. The number of rotatable bonds is 5. The van der Waals surface area contributed by atoms with Crippen LogP contribution in [0.15, 0.2) is 48.5 Å². The van der Waals surface area contributed by atoms with E-state index >= 15 is 0 Å². The molecule has 0 atom stereocenters. The van der Waals surface area contributed by atoms with Crippen molar-refractivity contribution in [2.24, 2.45) is 0 Å². The molecule has 3 rings (SSSR count). The second kappa shape index (κ2) is 6.28. The van der Waals surface area contributed by atoms with Crippen LogP contribution >= 0.6 is 0 Å². The number of ketones is 2. The lowest BCUT2D eigenvalue weighted by atomic mass is 10.0. The van der Waals surface area contributed by atoms with Crippen LogP contribution in [0.25, 0.3) is 10.9 Å². The van der Waals surface area contributed by atoms with Gasteiger partial charge >= 0.3 is 0 Å². The van der Waals surface area contributed by atoms with Crippen LogP contribution < -0.4 is 0 Å². The zero-order valence-electron chi connectivity index (χ0n) is 13.6. The van der Waals surface area contributed by atoms with Crippen molar-refractivity contribution in [3.8, 4) is 5.75 Å². The van der Waals surface area contributed by atoms with E-state index in [0.717, 1.165) is 10.9 Å². The second-order valence-electron chi connectivity index (χ2n) is 5.94. The second-order valence-corrected chi connectivity index (χ2v) is 5.94. The van der Waals surface area contributed by atoms with Gasteiger partial charge in [0.05, 0.1) is 17.5 Å². The number of carbonyl (C=O) groups is 2. The molecule has 1 aromatic heterocycles. The zero-order chi connectivity index (χ0) is 17.3. The first-order valence-corrected chi connectivity index (χ1v) is 7.80. The molecule has 5 nitrogen and oxygen atoms in total. The Balaban J connectivity index is 1.95. The summed E-state index contributed by atoms with van der Waals surface area (Å²) in [5, 5.41) is 14.9. The molecule has 1 heterocycles. The summed E-state index contributed by atoms with van der Waals surface area (Å²) in [7, 11) is 0. The molecule has 2 aromatic carbocycles. The summed E-state index contributed by atoms with van der Waals surface area (Å²) >= 11 is 0. The van der Waals surface area contributed by atoms with E-state index < -0.39 is 5.78 Å². The normalized spacial score (nSPS) is 11.1. The predicted molar refractivity (Wildman–Crippen MR) is 91.5 cm³/mol. The molecule has 0 unspecified atom stereocenters. The van der Waals surface area contributed by atoms with Crippen molar-refractivity contribution < 1.29 is 14.7 Å². The smallest absolute Gasteiger partial charge is 0.191 e. The fraction of sp³-hybridized carbons (Fsp3) is 0.211. The Kier molecular flexibility index (Phi) is 4.16. The van der Waals surface area contributed by atoms with E-state index in [1.165, 1.54) is 12.1 Å². The fourth-order valence-electron chi connectivity index (χ4n) is 2.72. The maximum absolute atomic E-state index is 12.6. The number of para-hydroxylation sites is 2. The van der Waals surface area contributed by atoms with Crippen LogP contribution in [0.2, 0.25) is 0 Å². The molecule has 122 valence electrons. The Labute approximate surface area is 139 Å². The number of fused-ring (bicyclic) bond motifs is 1. The molecule has 0 radical (unpaired) electrons.